The van der Waals surface area contributed by atoms with Gasteiger partial charge in [-0.1, -0.05) is 0 Å². The zero-order valence-corrected chi connectivity index (χ0v) is 14.8. The van der Waals surface area contributed by atoms with Gasteiger partial charge >= 0.3 is 0 Å². The molecular weight excluding hydrogens is 350 g/mol. The van der Waals surface area contributed by atoms with Gasteiger partial charge in [0.05, 0.1) is 17.2 Å². The van der Waals surface area contributed by atoms with Crippen molar-refractivity contribution in [1.82, 2.24) is 0 Å². The van der Waals surface area contributed by atoms with Crippen molar-refractivity contribution >= 4 is 40.7 Å². The van der Waals surface area contributed by atoms with Gasteiger partial charge in [-0.15, -0.1) is 11.8 Å². The van der Waals surface area contributed by atoms with E-state index in [2.05, 4.69) is 9.89 Å². The lowest BCUT2D eigenvalue weighted by atomic mass is 9.61. The molecule has 1 fully saturated rings. The second-order valence-electron chi connectivity index (χ2n) is 7.76. The Morgan fingerprint density at radius 2 is 2.35 bits per heavy atom. The Hall–Kier alpha value is -2.12. The van der Waals surface area contributed by atoms with Crippen LogP contribution in [0.25, 0.3) is 5.57 Å². The lowest BCUT2D eigenvalue weighted by molar-refractivity contribution is -0.122. The van der Waals surface area contributed by atoms with Gasteiger partial charge in [0.1, 0.15) is 22.5 Å². The predicted octanol–water partition coefficient (Wildman–Crippen LogP) is 0.667. The van der Waals surface area contributed by atoms with Crippen LogP contribution in [0.5, 0.6) is 5.75 Å². The molecule has 3 bridgehead atoms. The topological polar surface area (TPSA) is 74.5 Å². The van der Waals surface area contributed by atoms with Gasteiger partial charge < -0.3 is 14.7 Å². The first-order chi connectivity index (χ1) is 12.6. The number of ketones is 1. The Bertz CT molecular complexity index is 1150. The lowest BCUT2D eigenvalue weighted by Crippen LogP contribution is -2.67. The van der Waals surface area contributed by atoms with Crippen molar-refractivity contribution in [3.05, 3.63) is 27.1 Å². The van der Waals surface area contributed by atoms with Crippen molar-refractivity contribution < 1.29 is 14.6 Å². The number of carbonyl (C=O) groups is 1. The molecule has 0 radical (unpaired) electrons. The molecule has 1 spiro atoms. The van der Waals surface area contributed by atoms with Gasteiger partial charge in [0, 0.05) is 35.6 Å². The monoisotopic (exact) mass is 365 g/mol. The number of nitrogens with zero attached hydrogens (tertiary/aromatic N) is 3. The molecule has 1 aromatic carbocycles. The molecular formula is C19H15N3O3S. The summed E-state index contributed by atoms with van der Waals surface area (Å²) >= 11 is 1.65. The molecule has 1 saturated heterocycles. The first-order valence-corrected chi connectivity index (χ1v) is 9.79. The first kappa shape index (κ1) is 14.0. The van der Waals surface area contributed by atoms with Gasteiger partial charge in [0.25, 0.3) is 0 Å². The third-order valence-corrected chi connectivity index (χ3v) is 8.10. The van der Waals surface area contributed by atoms with Crippen LogP contribution in [-0.2, 0) is 14.9 Å². The minimum Gasteiger partial charge on any atom is -0.504 e. The van der Waals surface area contributed by atoms with Crippen molar-refractivity contribution in [2.24, 2.45) is 9.98 Å². The Morgan fingerprint density at radius 1 is 1.46 bits per heavy atom. The van der Waals surface area contributed by atoms with Gasteiger partial charge in [-0.2, -0.15) is 0 Å². The standard InChI is InChI=1S/C19H15N3O3S/c1-25-18-15-8(23)4-9-19(18)5-10(26-9)21-14-12(19)16-11-7(2-3-22(15)16)6-20-13(11)17(14)24/h4,6,10,15,18,24H,2-3,5H2,1H3. The maximum Gasteiger partial charge on any atom is 0.181 e. The zero-order chi connectivity index (χ0) is 17.4. The Balaban J connectivity index is 1.77. The quantitative estimate of drug-likeness (QED) is 0.792. The Kier molecular flexibility index (Phi) is 2.19. The van der Waals surface area contributed by atoms with E-state index in [9.17, 15) is 9.90 Å². The highest BCUT2D eigenvalue weighted by Crippen LogP contribution is 2.63. The molecule has 4 atom stereocenters. The number of benzene rings is 1. The summed E-state index contributed by atoms with van der Waals surface area (Å²) in [5, 5.41) is 12.7. The van der Waals surface area contributed by atoms with E-state index in [1.165, 1.54) is 0 Å². The van der Waals surface area contributed by atoms with E-state index in [1.54, 1.807) is 18.9 Å². The number of phenols is 1. The van der Waals surface area contributed by atoms with Gasteiger partial charge in [0.2, 0.25) is 0 Å². The van der Waals surface area contributed by atoms with E-state index >= 15 is 0 Å². The van der Waals surface area contributed by atoms with Crippen molar-refractivity contribution in [3.8, 4) is 5.75 Å². The highest BCUT2D eigenvalue weighted by molar-refractivity contribution is 8.04. The van der Waals surface area contributed by atoms with Crippen LogP contribution in [0.15, 0.2) is 21.0 Å². The maximum atomic E-state index is 13.1. The summed E-state index contributed by atoms with van der Waals surface area (Å²) in [4.78, 5) is 25.7. The predicted molar refractivity (Wildman–Crippen MR) is 97.8 cm³/mol. The molecule has 1 aliphatic carbocycles. The number of hydrogen-bond donors (Lipinski definition) is 1. The average molecular weight is 365 g/mol. The number of aliphatic imine (C=N–C) groups is 1. The molecule has 4 unspecified atom stereocenters. The van der Waals surface area contributed by atoms with E-state index in [0.717, 1.165) is 46.3 Å². The molecule has 1 aromatic rings. The number of carbonyl (C=O) groups excluding carboxylic acids is 1. The number of ether oxygens (including phenoxy) is 1. The zero-order valence-electron chi connectivity index (χ0n) is 14.0. The molecule has 6 nitrogen and oxygen atoms in total. The summed E-state index contributed by atoms with van der Waals surface area (Å²) in [5.41, 5.74) is 3.52. The van der Waals surface area contributed by atoms with E-state index in [0.29, 0.717) is 11.0 Å². The number of methoxy groups -OCH3 is 1. The molecule has 0 aromatic heterocycles. The van der Waals surface area contributed by atoms with Crippen molar-refractivity contribution in [1.29, 1.82) is 0 Å². The molecule has 0 saturated carbocycles. The SMILES string of the molecule is COC1C2C(=O)C=C3SC4CC31c1c3c5c(c(O)c1=N4)N=CC=5CCN32. The van der Waals surface area contributed by atoms with E-state index in [4.69, 9.17) is 9.73 Å². The fraction of sp³-hybridized carbons (Fsp3) is 0.421. The summed E-state index contributed by atoms with van der Waals surface area (Å²) in [7, 11) is 1.70. The molecule has 0 amide bonds. The minimum absolute atomic E-state index is 0.0121. The van der Waals surface area contributed by atoms with E-state index in [1.807, 2.05) is 12.3 Å². The summed E-state index contributed by atoms with van der Waals surface area (Å²) in [5.74, 6) is 0.303. The highest BCUT2D eigenvalue weighted by atomic mass is 32.2. The molecule has 7 rings (SSSR count). The molecule has 5 aliphatic heterocycles. The summed E-state index contributed by atoms with van der Waals surface area (Å²) in [6, 6.07) is -0.308. The molecule has 1 N–H and O–H groups in total. The van der Waals surface area contributed by atoms with Crippen LogP contribution in [0.2, 0.25) is 0 Å². The maximum absolute atomic E-state index is 13.1. The third kappa shape index (κ3) is 1.21. The number of phenolic OH excluding ortho intramolecular Hbond substituents is 1. The number of fused-ring (bicyclic) bond motifs is 3. The average Bonchev–Trinajstić information content (AvgIpc) is 3.18. The smallest absolute Gasteiger partial charge is 0.181 e. The lowest BCUT2D eigenvalue weighted by Gasteiger charge is -2.54. The fourth-order valence-corrected chi connectivity index (χ4v) is 7.44. The summed E-state index contributed by atoms with van der Waals surface area (Å²) in [6.45, 7) is 0.761. The fourth-order valence-electron chi connectivity index (χ4n) is 5.94. The molecule has 26 heavy (non-hydrogen) atoms. The van der Waals surface area contributed by atoms with Crippen LogP contribution in [0.3, 0.4) is 0 Å². The minimum atomic E-state index is -0.372. The second-order valence-corrected chi connectivity index (χ2v) is 8.98. The van der Waals surface area contributed by atoms with Gasteiger partial charge in [-0.05, 0) is 24.5 Å². The molecule has 5 heterocycles. The molecule has 6 aliphatic rings. The number of aromatic hydroxyl groups is 1. The summed E-state index contributed by atoms with van der Waals surface area (Å²) < 4.78 is 6.00. The van der Waals surface area contributed by atoms with Crippen molar-refractivity contribution in [2.75, 3.05) is 18.6 Å². The van der Waals surface area contributed by atoms with Crippen molar-refractivity contribution in [3.63, 3.8) is 0 Å². The van der Waals surface area contributed by atoms with Crippen LogP contribution >= 0.6 is 11.8 Å². The van der Waals surface area contributed by atoms with Crippen LogP contribution in [0.4, 0.5) is 11.4 Å². The Morgan fingerprint density at radius 3 is 3.19 bits per heavy atom. The van der Waals surface area contributed by atoms with Crippen LogP contribution in [0.1, 0.15) is 18.4 Å². The largest absolute Gasteiger partial charge is 0.504 e. The van der Waals surface area contributed by atoms with Crippen molar-refractivity contribution in [2.45, 2.75) is 35.8 Å². The second kappa shape index (κ2) is 4.07. The number of anilines is 1. The van der Waals surface area contributed by atoms with Crippen LogP contribution in [0, 0.1) is 0 Å². The van der Waals surface area contributed by atoms with Gasteiger partial charge in [-0.3, -0.25) is 14.8 Å². The highest BCUT2D eigenvalue weighted by Gasteiger charge is 2.65. The normalized spacial score (nSPS) is 36.4. The number of hydrogen-bond acceptors (Lipinski definition) is 7. The summed E-state index contributed by atoms with van der Waals surface area (Å²) in [6.07, 6.45) is 5.09. The van der Waals surface area contributed by atoms with Crippen LogP contribution < -0.4 is 15.5 Å². The van der Waals surface area contributed by atoms with Crippen LogP contribution in [-0.4, -0.2) is 48.3 Å². The van der Waals surface area contributed by atoms with E-state index < -0.39 is 0 Å². The third-order valence-electron chi connectivity index (χ3n) is 6.82. The molecule has 130 valence electrons. The van der Waals surface area contributed by atoms with Gasteiger partial charge in [-0.25, -0.2) is 0 Å². The molecule has 7 heteroatoms. The van der Waals surface area contributed by atoms with E-state index in [-0.39, 0.29) is 34.5 Å². The first-order valence-electron chi connectivity index (χ1n) is 8.92. The number of rotatable bonds is 1. The Labute approximate surface area is 153 Å². The number of thioether (sulfide) groups is 1. The van der Waals surface area contributed by atoms with Gasteiger partial charge in [0.15, 0.2) is 11.5 Å².